The van der Waals surface area contributed by atoms with Crippen molar-refractivity contribution in [2.45, 2.75) is 45.6 Å². The van der Waals surface area contributed by atoms with Crippen molar-refractivity contribution in [3.63, 3.8) is 0 Å². The number of benzene rings is 1. The van der Waals surface area contributed by atoms with Crippen LogP contribution in [0.4, 0.5) is 4.79 Å². The molecule has 1 spiro atoms. The molecule has 0 radical (unpaired) electrons. The van der Waals surface area contributed by atoms with Gasteiger partial charge in [0.25, 0.3) is 5.91 Å². The van der Waals surface area contributed by atoms with E-state index in [-0.39, 0.29) is 17.4 Å². The molecule has 0 N–H and O–H groups in total. The topological polar surface area (TPSA) is 53.1 Å². The number of imide groups is 1. The third kappa shape index (κ3) is 4.81. The van der Waals surface area contributed by atoms with Gasteiger partial charge in [0.05, 0.1) is 13.2 Å². The van der Waals surface area contributed by atoms with E-state index >= 15 is 0 Å². The number of urea groups is 1. The van der Waals surface area contributed by atoms with Gasteiger partial charge in [-0.2, -0.15) is 0 Å². The first kappa shape index (κ1) is 21.8. The van der Waals surface area contributed by atoms with E-state index in [1.807, 2.05) is 23.1 Å². The lowest BCUT2D eigenvalue weighted by Crippen LogP contribution is -2.57. The van der Waals surface area contributed by atoms with Crippen LogP contribution in [-0.4, -0.2) is 78.6 Å². The summed E-state index contributed by atoms with van der Waals surface area (Å²) in [5.41, 5.74) is 0.703. The van der Waals surface area contributed by atoms with Crippen molar-refractivity contribution in [2.75, 3.05) is 46.4 Å². The van der Waals surface area contributed by atoms with Crippen LogP contribution in [0.15, 0.2) is 30.3 Å². The Morgan fingerprint density at radius 2 is 1.69 bits per heavy atom. The molecule has 29 heavy (non-hydrogen) atoms. The number of nitrogens with zero attached hydrogens (tertiary/aromatic N) is 3. The zero-order chi connectivity index (χ0) is 21.1. The summed E-state index contributed by atoms with van der Waals surface area (Å²) in [5.74, 6) is -0.0389. The van der Waals surface area contributed by atoms with Gasteiger partial charge >= 0.3 is 6.03 Å². The molecule has 6 heteroatoms. The van der Waals surface area contributed by atoms with Crippen LogP contribution in [0.2, 0.25) is 0 Å². The van der Waals surface area contributed by atoms with E-state index in [2.05, 4.69) is 37.8 Å². The molecule has 1 aromatic rings. The average Bonchev–Trinajstić information content (AvgIpc) is 2.87. The quantitative estimate of drug-likeness (QED) is 0.659. The summed E-state index contributed by atoms with van der Waals surface area (Å²) < 4.78 is 5.14. The van der Waals surface area contributed by atoms with E-state index in [9.17, 15) is 9.59 Å². The summed E-state index contributed by atoms with van der Waals surface area (Å²) >= 11 is 0. The van der Waals surface area contributed by atoms with E-state index in [1.165, 1.54) is 10.5 Å². The number of hydrogen-bond acceptors (Lipinski definition) is 4. The number of likely N-dealkylation sites (tertiary alicyclic amines) is 1. The fourth-order valence-corrected chi connectivity index (χ4v) is 4.59. The molecule has 3 rings (SSSR count). The van der Waals surface area contributed by atoms with Crippen LogP contribution in [0.3, 0.4) is 0 Å². The summed E-state index contributed by atoms with van der Waals surface area (Å²) in [6.45, 7) is 10.7. The minimum absolute atomic E-state index is 0.0389. The number of hydrogen-bond donors (Lipinski definition) is 0. The standard InChI is InChI=1S/C23H35N3O3/c1-22(2,3)18-24-14-11-23(12-15-24)20(27)25(16-17-29-4)21(28)26(23)13-10-19-8-6-5-7-9-19/h5-9H,10-18H2,1-4H3. The highest BCUT2D eigenvalue weighted by atomic mass is 16.5. The molecule has 0 atom stereocenters. The van der Waals surface area contributed by atoms with Gasteiger partial charge in [-0.1, -0.05) is 51.1 Å². The minimum atomic E-state index is -0.700. The van der Waals surface area contributed by atoms with Gasteiger partial charge in [-0.25, -0.2) is 4.79 Å². The number of carbonyl (C=O) groups excluding carboxylic acids is 2. The first-order valence-electron chi connectivity index (χ1n) is 10.7. The second-order valence-electron chi connectivity index (χ2n) is 9.49. The smallest absolute Gasteiger partial charge is 0.327 e. The Hall–Kier alpha value is -1.92. The highest BCUT2D eigenvalue weighted by molar-refractivity contribution is 6.07. The summed E-state index contributed by atoms with van der Waals surface area (Å²) in [6.07, 6.45) is 2.16. The van der Waals surface area contributed by atoms with Gasteiger partial charge < -0.3 is 14.5 Å². The predicted molar refractivity (Wildman–Crippen MR) is 114 cm³/mol. The summed E-state index contributed by atoms with van der Waals surface area (Å²) in [7, 11) is 1.60. The van der Waals surface area contributed by atoms with E-state index in [0.29, 0.717) is 32.5 Å². The highest BCUT2D eigenvalue weighted by Gasteiger charge is 2.57. The van der Waals surface area contributed by atoms with Gasteiger partial charge in [-0.05, 0) is 30.2 Å². The van der Waals surface area contributed by atoms with Crippen molar-refractivity contribution in [2.24, 2.45) is 5.41 Å². The normalized spacial score (nSPS) is 20.1. The van der Waals surface area contributed by atoms with Gasteiger partial charge in [0.1, 0.15) is 5.54 Å². The van der Waals surface area contributed by atoms with Crippen molar-refractivity contribution in [1.29, 1.82) is 0 Å². The molecule has 2 aliphatic rings. The maximum Gasteiger partial charge on any atom is 0.327 e. The van der Waals surface area contributed by atoms with Crippen LogP contribution in [0.5, 0.6) is 0 Å². The van der Waals surface area contributed by atoms with Gasteiger partial charge in [-0.3, -0.25) is 9.69 Å². The van der Waals surface area contributed by atoms with Crippen LogP contribution in [0.25, 0.3) is 0 Å². The molecule has 2 aliphatic heterocycles. The Balaban J connectivity index is 1.77. The van der Waals surface area contributed by atoms with Crippen molar-refractivity contribution >= 4 is 11.9 Å². The summed E-state index contributed by atoms with van der Waals surface area (Å²) in [4.78, 5) is 32.3. The fraction of sp³-hybridized carbons (Fsp3) is 0.652. The molecule has 2 heterocycles. The molecule has 0 bridgehead atoms. The van der Waals surface area contributed by atoms with E-state index in [0.717, 1.165) is 26.1 Å². The third-order valence-electron chi connectivity index (χ3n) is 5.99. The lowest BCUT2D eigenvalue weighted by Gasteiger charge is -2.43. The van der Waals surface area contributed by atoms with Crippen molar-refractivity contribution < 1.29 is 14.3 Å². The SMILES string of the molecule is COCCN1C(=O)N(CCc2ccccc2)C2(CCN(CC(C)(C)C)CC2)C1=O. The van der Waals surface area contributed by atoms with Gasteiger partial charge in [-0.15, -0.1) is 0 Å². The van der Waals surface area contributed by atoms with Gasteiger partial charge in [0, 0.05) is 33.3 Å². The lowest BCUT2D eigenvalue weighted by atomic mass is 9.84. The number of rotatable bonds is 7. The Morgan fingerprint density at radius 3 is 2.28 bits per heavy atom. The first-order valence-corrected chi connectivity index (χ1v) is 10.7. The molecule has 0 saturated carbocycles. The third-order valence-corrected chi connectivity index (χ3v) is 5.99. The molecule has 2 saturated heterocycles. The molecule has 3 amide bonds. The Labute approximate surface area is 174 Å². The Kier molecular flexibility index (Phi) is 6.64. The number of methoxy groups -OCH3 is 1. The van der Waals surface area contributed by atoms with Crippen molar-refractivity contribution in [3.8, 4) is 0 Å². The summed E-state index contributed by atoms with van der Waals surface area (Å²) in [6, 6.07) is 10.0. The maximum atomic E-state index is 13.4. The molecule has 0 aromatic heterocycles. The van der Waals surface area contributed by atoms with E-state index < -0.39 is 5.54 Å². The Bertz CT molecular complexity index is 706. The second-order valence-corrected chi connectivity index (χ2v) is 9.49. The van der Waals surface area contributed by atoms with Gasteiger partial charge in [0.2, 0.25) is 0 Å². The van der Waals surface area contributed by atoms with E-state index in [4.69, 9.17) is 4.74 Å². The minimum Gasteiger partial charge on any atom is -0.383 e. The molecular formula is C23H35N3O3. The molecule has 0 aliphatic carbocycles. The number of carbonyl (C=O) groups is 2. The van der Waals surface area contributed by atoms with Crippen LogP contribution in [0.1, 0.15) is 39.2 Å². The molecule has 0 unspecified atom stereocenters. The maximum absolute atomic E-state index is 13.4. The largest absolute Gasteiger partial charge is 0.383 e. The number of amides is 3. The van der Waals surface area contributed by atoms with Gasteiger partial charge in [0.15, 0.2) is 0 Å². The highest BCUT2D eigenvalue weighted by Crippen LogP contribution is 2.38. The predicted octanol–water partition coefficient (Wildman–Crippen LogP) is 3.02. The van der Waals surface area contributed by atoms with E-state index in [1.54, 1.807) is 7.11 Å². The zero-order valence-electron chi connectivity index (χ0n) is 18.3. The average molecular weight is 402 g/mol. The summed E-state index contributed by atoms with van der Waals surface area (Å²) in [5, 5.41) is 0. The van der Waals surface area contributed by atoms with Crippen LogP contribution in [-0.2, 0) is 16.0 Å². The lowest BCUT2D eigenvalue weighted by molar-refractivity contribution is -0.136. The van der Waals surface area contributed by atoms with Crippen LogP contribution in [0, 0.1) is 5.41 Å². The zero-order valence-corrected chi connectivity index (χ0v) is 18.3. The molecule has 6 nitrogen and oxygen atoms in total. The Morgan fingerprint density at radius 1 is 1.03 bits per heavy atom. The van der Waals surface area contributed by atoms with Crippen LogP contribution < -0.4 is 0 Å². The molecular weight excluding hydrogens is 366 g/mol. The van der Waals surface area contributed by atoms with Crippen LogP contribution >= 0.6 is 0 Å². The number of ether oxygens (including phenoxy) is 1. The molecule has 160 valence electrons. The van der Waals surface area contributed by atoms with Crippen molar-refractivity contribution in [1.82, 2.24) is 14.7 Å². The molecule has 2 fully saturated rings. The van der Waals surface area contributed by atoms with Crippen molar-refractivity contribution in [3.05, 3.63) is 35.9 Å². The second kappa shape index (κ2) is 8.84. The fourth-order valence-electron chi connectivity index (χ4n) is 4.59. The monoisotopic (exact) mass is 401 g/mol. The number of piperidine rings is 1. The molecule has 1 aromatic carbocycles. The first-order chi connectivity index (χ1) is 13.8.